The Hall–Kier alpha value is -1.25. The number of nitrogens with zero attached hydrogens (tertiary/aromatic N) is 1. The monoisotopic (exact) mass is 293 g/mol. The SMILES string of the molecule is O=C(c1ccn(Cc2ccc(Cl)cc2Cl)c1)C1CC1. The zero-order valence-electron chi connectivity index (χ0n) is 10.3. The van der Waals surface area contributed by atoms with E-state index < -0.39 is 0 Å². The van der Waals surface area contributed by atoms with E-state index in [1.807, 2.05) is 35.2 Å². The Bertz CT molecular complexity index is 629. The van der Waals surface area contributed by atoms with Gasteiger partial charge in [0.05, 0.1) is 0 Å². The fourth-order valence-corrected chi connectivity index (χ4v) is 2.58. The number of Topliss-reactive ketones (excluding diaryl/α,β-unsaturated/α-hetero) is 1. The molecule has 1 saturated carbocycles. The molecule has 0 unspecified atom stereocenters. The molecule has 3 rings (SSSR count). The van der Waals surface area contributed by atoms with Gasteiger partial charge in [-0.05, 0) is 36.6 Å². The Labute approximate surface area is 121 Å². The lowest BCUT2D eigenvalue weighted by atomic mass is 10.1. The molecule has 2 aromatic rings. The summed E-state index contributed by atoms with van der Waals surface area (Å²) in [6.45, 7) is 0.647. The molecule has 1 aromatic carbocycles. The van der Waals surface area contributed by atoms with Crippen molar-refractivity contribution >= 4 is 29.0 Å². The Morgan fingerprint density at radius 2 is 2.05 bits per heavy atom. The van der Waals surface area contributed by atoms with Crippen molar-refractivity contribution in [2.45, 2.75) is 19.4 Å². The van der Waals surface area contributed by atoms with Gasteiger partial charge in [0.2, 0.25) is 0 Å². The van der Waals surface area contributed by atoms with Gasteiger partial charge in [-0.2, -0.15) is 0 Å². The quantitative estimate of drug-likeness (QED) is 0.764. The van der Waals surface area contributed by atoms with Gasteiger partial charge in [0.15, 0.2) is 5.78 Å². The van der Waals surface area contributed by atoms with Gasteiger partial charge in [-0.1, -0.05) is 29.3 Å². The molecule has 0 N–H and O–H groups in total. The van der Waals surface area contributed by atoms with E-state index >= 15 is 0 Å². The predicted octanol–water partition coefficient (Wildman–Crippen LogP) is 4.44. The molecule has 1 aliphatic carbocycles. The van der Waals surface area contributed by atoms with Gasteiger partial charge in [0, 0.05) is 40.5 Å². The lowest BCUT2D eigenvalue weighted by molar-refractivity contribution is 0.0967. The van der Waals surface area contributed by atoms with Crippen LogP contribution in [0.25, 0.3) is 0 Å². The first-order chi connectivity index (χ1) is 9.13. The number of rotatable bonds is 4. The predicted molar refractivity (Wildman–Crippen MR) is 77.1 cm³/mol. The van der Waals surface area contributed by atoms with Crippen LogP contribution in [0.4, 0.5) is 0 Å². The van der Waals surface area contributed by atoms with Gasteiger partial charge in [-0.15, -0.1) is 0 Å². The number of halogens is 2. The third-order valence-electron chi connectivity index (χ3n) is 3.35. The van der Waals surface area contributed by atoms with Crippen LogP contribution in [0.3, 0.4) is 0 Å². The molecule has 0 radical (unpaired) electrons. The highest BCUT2D eigenvalue weighted by Crippen LogP contribution is 2.32. The van der Waals surface area contributed by atoms with Crippen LogP contribution in [0.15, 0.2) is 36.7 Å². The largest absolute Gasteiger partial charge is 0.349 e. The van der Waals surface area contributed by atoms with E-state index in [9.17, 15) is 4.79 Å². The maximum atomic E-state index is 11.9. The van der Waals surface area contributed by atoms with E-state index in [0.717, 1.165) is 24.0 Å². The third kappa shape index (κ3) is 2.85. The minimum absolute atomic E-state index is 0.259. The molecule has 2 nitrogen and oxygen atoms in total. The highest BCUT2D eigenvalue weighted by atomic mass is 35.5. The number of hydrogen-bond acceptors (Lipinski definition) is 1. The lowest BCUT2D eigenvalue weighted by Crippen LogP contribution is -2.01. The molecule has 1 aromatic heterocycles. The minimum atomic E-state index is 0.259. The Morgan fingerprint density at radius 3 is 2.74 bits per heavy atom. The van der Waals surface area contributed by atoms with Gasteiger partial charge in [-0.3, -0.25) is 4.79 Å². The Balaban J connectivity index is 1.77. The van der Waals surface area contributed by atoms with Crippen LogP contribution >= 0.6 is 23.2 Å². The number of carbonyl (C=O) groups is 1. The van der Waals surface area contributed by atoms with Crippen molar-refractivity contribution in [1.29, 1.82) is 0 Å². The minimum Gasteiger partial charge on any atom is -0.349 e. The van der Waals surface area contributed by atoms with Gasteiger partial charge in [0.25, 0.3) is 0 Å². The Morgan fingerprint density at radius 1 is 1.26 bits per heavy atom. The van der Waals surface area contributed by atoms with Crippen LogP contribution in [0.5, 0.6) is 0 Å². The first-order valence-electron chi connectivity index (χ1n) is 6.27. The number of ketones is 1. The zero-order chi connectivity index (χ0) is 13.4. The molecule has 4 heteroatoms. The summed E-state index contributed by atoms with van der Waals surface area (Å²) in [7, 11) is 0. The molecule has 1 aliphatic rings. The lowest BCUT2D eigenvalue weighted by Gasteiger charge is -2.06. The van der Waals surface area contributed by atoms with E-state index in [0.29, 0.717) is 16.6 Å². The fourth-order valence-electron chi connectivity index (χ4n) is 2.11. The standard InChI is InChI=1S/C15H13Cl2NO/c16-13-4-3-11(14(17)7-13)8-18-6-5-12(9-18)15(19)10-1-2-10/h3-7,9-10H,1-2,8H2. The van der Waals surface area contributed by atoms with E-state index in [2.05, 4.69) is 0 Å². The van der Waals surface area contributed by atoms with E-state index in [1.165, 1.54) is 0 Å². The summed E-state index contributed by atoms with van der Waals surface area (Å²) in [6.07, 6.45) is 5.88. The average molecular weight is 294 g/mol. The van der Waals surface area contributed by atoms with Gasteiger partial charge in [0.1, 0.15) is 0 Å². The summed E-state index contributed by atoms with van der Waals surface area (Å²) < 4.78 is 1.98. The number of benzene rings is 1. The molecule has 0 amide bonds. The van der Waals surface area contributed by atoms with Crippen LogP contribution in [-0.4, -0.2) is 10.4 Å². The summed E-state index contributed by atoms with van der Waals surface area (Å²) >= 11 is 12.0. The first kappa shape index (κ1) is 12.8. The summed E-state index contributed by atoms with van der Waals surface area (Å²) in [5.74, 6) is 0.524. The number of carbonyl (C=O) groups excluding carboxylic acids is 1. The second kappa shape index (κ2) is 5.03. The van der Waals surface area contributed by atoms with Gasteiger partial charge < -0.3 is 4.57 Å². The van der Waals surface area contributed by atoms with Gasteiger partial charge in [-0.25, -0.2) is 0 Å². The normalized spacial score (nSPS) is 14.6. The third-order valence-corrected chi connectivity index (χ3v) is 3.94. The van der Waals surface area contributed by atoms with Gasteiger partial charge >= 0.3 is 0 Å². The summed E-state index contributed by atoms with van der Waals surface area (Å²) in [5, 5.41) is 1.28. The van der Waals surface area contributed by atoms with Crippen LogP contribution in [-0.2, 0) is 6.54 Å². The molecular weight excluding hydrogens is 281 g/mol. The highest BCUT2D eigenvalue weighted by molar-refractivity contribution is 6.35. The molecule has 0 bridgehead atoms. The number of aromatic nitrogens is 1. The maximum absolute atomic E-state index is 11.9. The molecule has 98 valence electrons. The van der Waals surface area contributed by atoms with Crippen molar-refractivity contribution in [3.8, 4) is 0 Å². The second-order valence-corrected chi connectivity index (χ2v) is 5.79. The molecule has 1 heterocycles. The van der Waals surface area contributed by atoms with Crippen LogP contribution in [0.2, 0.25) is 10.0 Å². The number of hydrogen-bond donors (Lipinski definition) is 0. The van der Waals surface area contributed by atoms with Crippen LogP contribution in [0.1, 0.15) is 28.8 Å². The van der Waals surface area contributed by atoms with Crippen molar-refractivity contribution in [3.63, 3.8) is 0 Å². The molecule has 0 spiro atoms. The van der Waals surface area contributed by atoms with Crippen molar-refractivity contribution in [1.82, 2.24) is 4.57 Å². The summed E-state index contributed by atoms with van der Waals surface area (Å²) in [5.41, 5.74) is 1.79. The molecule has 0 atom stereocenters. The first-order valence-corrected chi connectivity index (χ1v) is 7.03. The van der Waals surface area contributed by atoms with Crippen molar-refractivity contribution in [2.24, 2.45) is 5.92 Å². The highest BCUT2D eigenvalue weighted by Gasteiger charge is 2.30. The fraction of sp³-hybridized carbons (Fsp3) is 0.267. The van der Waals surface area contributed by atoms with E-state index in [4.69, 9.17) is 23.2 Å². The van der Waals surface area contributed by atoms with E-state index in [1.54, 1.807) is 6.07 Å². The van der Waals surface area contributed by atoms with E-state index in [-0.39, 0.29) is 11.7 Å². The second-order valence-electron chi connectivity index (χ2n) is 4.95. The topological polar surface area (TPSA) is 22.0 Å². The molecule has 0 saturated heterocycles. The molecule has 19 heavy (non-hydrogen) atoms. The Kier molecular flexibility index (Phi) is 3.38. The molecule has 1 fully saturated rings. The average Bonchev–Trinajstić information content (AvgIpc) is 3.12. The van der Waals surface area contributed by atoms with Crippen LogP contribution in [0, 0.1) is 5.92 Å². The van der Waals surface area contributed by atoms with Crippen molar-refractivity contribution in [3.05, 3.63) is 57.8 Å². The maximum Gasteiger partial charge on any atom is 0.167 e. The van der Waals surface area contributed by atoms with Crippen molar-refractivity contribution in [2.75, 3.05) is 0 Å². The van der Waals surface area contributed by atoms with Crippen LogP contribution < -0.4 is 0 Å². The van der Waals surface area contributed by atoms with Crippen molar-refractivity contribution < 1.29 is 4.79 Å². The molecular formula is C15H13Cl2NO. The summed E-state index contributed by atoms with van der Waals surface area (Å²) in [6, 6.07) is 7.35. The molecule has 0 aliphatic heterocycles. The smallest absolute Gasteiger partial charge is 0.167 e. The zero-order valence-corrected chi connectivity index (χ0v) is 11.8. The summed E-state index contributed by atoms with van der Waals surface area (Å²) in [4.78, 5) is 11.9.